The summed E-state index contributed by atoms with van der Waals surface area (Å²) in [4.78, 5) is 0. The maximum Gasteiger partial charge on any atom is 0.0850 e. The maximum atomic E-state index is 5.21. The first-order valence-corrected chi connectivity index (χ1v) is 5.43. The van der Waals surface area contributed by atoms with E-state index in [9.17, 15) is 0 Å². The predicted molar refractivity (Wildman–Crippen MR) is 58.4 cm³/mol. The fourth-order valence-electron chi connectivity index (χ4n) is 1.73. The summed E-state index contributed by atoms with van der Waals surface area (Å²) in [5.41, 5.74) is 2.85. The van der Waals surface area contributed by atoms with E-state index in [4.69, 9.17) is 4.74 Å². The van der Waals surface area contributed by atoms with Crippen LogP contribution in [0, 0.1) is 5.92 Å². The van der Waals surface area contributed by atoms with Gasteiger partial charge in [0.05, 0.1) is 12.7 Å². The Kier molecular flexibility index (Phi) is 2.87. The first-order chi connectivity index (χ1) is 6.74. The molecule has 1 unspecified atom stereocenters. The van der Waals surface area contributed by atoms with Crippen LogP contribution in [-0.2, 0) is 17.6 Å². The van der Waals surface area contributed by atoms with Crippen molar-refractivity contribution in [2.75, 3.05) is 6.61 Å². The summed E-state index contributed by atoms with van der Waals surface area (Å²) in [5, 5.41) is 0. The van der Waals surface area contributed by atoms with Crippen LogP contribution >= 0.6 is 0 Å². The molecule has 1 heterocycles. The van der Waals surface area contributed by atoms with Crippen molar-refractivity contribution in [2.24, 2.45) is 5.92 Å². The SMILES string of the molecule is CC(C)Cc1ccc(CC2CO2)cc1. The molecule has 0 amide bonds. The molecule has 1 aliphatic heterocycles. The van der Waals surface area contributed by atoms with Crippen LogP contribution in [0.2, 0.25) is 0 Å². The molecule has 1 atom stereocenters. The Bertz CT molecular complexity index is 260. The van der Waals surface area contributed by atoms with Crippen molar-refractivity contribution in [3.63, 3.8) is 0 Å². The van der Waals surface area contributed by atoms with Crippen molar-refractivity contribution in [2.45, 2.75) is 32.8 Å². The second-order valence-electron chi connectivity index (χ2n) is 4.57. The average Bonchev–Trinajstić information content (AvgIpc) is 2.91. The lowest BCUT2D eigenvalue weighted by molar-refractivity contribution is 0.407. The molecule has 1 nitrogen and oxygen atoms in total. The Morgan fingerprint density at radius 1 is 1.21 bits per heavy atom. The van der Waals surface area contributed by atoms with Gasteiger partial charge in [-0.3, -0.25) is 0 Å². The van der Waals surface area contributed by atoms with Crippen molar-refractivity contribution in [3.05, 3.63) is 35.4 Å². The Morgan fingerprint density at radius 2 is 1.79 bits per heavy atom. The molecular weight excluding hydrogens is 172 g/mol. The van der Waals surface area contributed by atoms with Crippen molar-refractivity contribution < 1.29 is 4.74 Å². The highest BCUT2D eigenvalue weighted by molar-refractivity contribution is 5.23. The summed E-state index contributed by atoms with van der Waals surface area (Å²) in [6, 6.07) is 8.97. The molecule has 1 aliphatic rings. The smallest absolute Gasteiger partial charge is 0.0850 e. The zero-order chi connectivity index (χ0) is 9.97. The summed E-state index contributed by atoms with van der Waals surface area (Å²) in [6.07, 6.45) is 2.77. The third-order valence-corrected chi connectivity index (χ3v) is 2.53. The van der Waals surface area contributed by atoms with E-state index in [-0.39, 0.29) is 0 Å². The Balaban J connectivity index is 1.94. The summed E-state index contributed by atoms with van der Waals surface area (Å²) in [5.74, 6) is 0.743. The summed E-state index contributed by atoms with van der Waals surface area (Å²) in [7, 11) is 0. The first-order valence-electron chi connectivity index (χ1n) is 5.43. The zero-order valence-electron chi connectivity index (χ0n) is 8.99. The molecule has 2 rings (SSSR count). The van der Waals surface area contributed by atoms with Gasteiger partial charge in [0, 0.05) is 6.42 Å². The number of hydrogen-bond donors (Lipinski definition) is 0. The van der Waals surface area contributed by atoms with E-state index >= 15 is 0 Å². The van der Waals surface area contributed by atoms with Gasteiger partial charge in [-0.1, -0.05) is 38.1 Å². The van der Waals surface area contributed by atoms with E-state index in [1.54, 1.807) is 0 Å². The molecule has 0 bridgehead atoms. The molecule has 1 heteroatoms. The lowest BCUT2D eigenvalue weighted by Gasteiger charge is -2.05. The number of benzene rings is 1. The van der Waals surface area contributed by atoms with Crippen LogP contribution in [0.4, 0.5) is 0 Å². The van der Waals surface area contributed by atoms with E-state index in [0.717, 1.165) is 18.9 Å². The maximum absolute atomic E-state index is 5.21. The van der Waals surface area contributed by atoms with Crippen molar-refractivity contribution in [1.29, 1.82) is 0 Å². The van der Waals surface area contributed by atoms with Gasteiger partial charge in [-0.15, -0.1) is 0 Å². The van der Waals surface area contributed by atoms with E-state index < -0.39 is 0 Å². The monoisotopic (exact) mass is 190 g/mol. The van der Waals surface area contributed by atoms with Crippen molar-refractivity contribution in [3.8, 4) is 0 Å². The van der Waals surface area contributed by atoms with Crippen LogP contribution in [0.25, 0.3) is 0 Å². The molecule has 76 valence electrons. The van der Waals surface area contributed by atoms with Crippen molar-refractivity contribution >= 4 is 0 Å². The van der Waals surface area contributed by atoms with E-state index in [1.807, 2.05) is 0 Å². The molecule has 1 aromatic carbocycles. The Morgan fingerprint density at radius 3 is 2.29 bits per heavy atom. The zero-order valence-corrected chi connectivity index (χ0v) is 8.99. The fourth-order valence-corrected chi connectivity index (χ4v) is 1.73. The highest BCUT2D eigenvalue weighted by Crippen LogP contribution is 2.17. The van der Waals surface area contributed by atoms with Crippen LogP contribution in [0.15, 0.2) is 24.3 Å². The molecule has 1 aromatic rings. The Hall–Kier alpha value is -0.820. The van der Waals surface area contributed by atoms with Gasteiger partial charge >= 0.3 is 0 Å². The fraction of sp³-hybridized carbons (Fsp3) is 0.538. The average molecular weight is 190 g/mol. The minimum Gasteiger partial charge on any atom is -0.373 e. The van der Waals surface area contributed by atoms with E-state index in [0.29, 0.717) is 6.10 Å². The van der Waals surface area contributed by atoms with Gasteiger partial charge in [-0.05, 0) is 23.5 Å². The molecular formula is C13H18O. The van der Waals surface area contributed by atoms with Gasteiger partial charge < -0.3 is 4.74 Å². The van der Waals surface area contributed by atoms with E-state index in [2.05, 4.69) is 38.1 Å². The van der Waals surface area contributed by atoms with Gasteiger partial charge in [-0.2, -0.15) is 0 Å². The molecule has 0 aliphatic carbocycles. The molecule has 0 saturated carbocycles. The van der Waals surface area contributed by atoms with Crippen LogP contribution in [0.1, 0.15) is 25.0 Å². The van der Waals surface area contributed by atoms with Gasteiger partial charge in [-0.25, -0.2) is 0 Å². The lowest BCUT2D eigenvalue weighted by Crippen LogP contribution is -1.96. The standard InChI is InChI=1S/C13H18O/c1-10(2)7-11-3-5-12(6-4-11)8-13-9-14-13/h3-6,10,13H,7-9H2,1-2H3. The molecule has 0 radical (unpaired) electrons. The number of rotatable bonds is 4. The number of hydrogen-bond acceptors (Lipinski definition) is 1. The van der Waals surface area contributed by atoms with Gasteiger partial charge in [0.25, 0.3) is 0 Å². The molecule has 14 heavy (non-hydrogen) atoms. The van der Waals surface area contributed by atoms with Gasteiger partial charge in [0.15, 0.2) is 0 Å². The van der Waals surface area contributed by atoms with E-state index in [1.165, 1.54) is 17.5 Å². The quantitative estimate of drug-likeness (QED) is 0.665. The predicted octanol–water partition coefficient (Wildman–Crippen LogP) is 2.83. The highest BCUT2D eigenvalue weighted by Gasteiger charge is 2.22. The van der Waals surface area contributed by atoms with Crippen LogP contribution in [0.3, 0.4) is 0 Å². The topological polar surface area (TPSA) is 12.5 Å². The molecule has 0 aromatic heterocycles. The summed E-state index contributed by atoms with van der Waals surface area (Å²) >= 11 is 0. The molecule has 1 fully saturated rings. The number of ether oxygens (including phenoxy) is 1. The van der Waals surface area contributed by atoms with Gasteiger partial charge in [0.1, 0.15) is 0 Å². The normalized spacial score (nSPS) is 20.1. The third-order valence-electron chi connectivity index (χ3n) is 2.53. The minimum absolute atomic E-state index is 0.506. The molecule has 1 saturated heterocycles. The van der Waals surface area contributed by atoms with Crippen LogP contribution in [0.5, 0.6) is 0 Å². The first kappa shape index (κ1) is 9.72. The largest absolute Gasteiger partial charge is 0.373 e. The van der Waals surface area contributed by atoms with Crippen LogP contribution < -0.4 is 0 Å². The van der Waals surface area contributed by atoms with Crippen molar-refractivity contribution in [1.82, 2.24) is 0 Å². The molecule has 0 N–H and O–H groups in total. The minimum atomic E-state index is 0.506. The molecule has 0 spiro atoms. The summed E-state index contributed by atoms with van der Waals surface area (Å²) < 4.78 is 5.21. The Labute approximate surface area is 86.1 Å². The summed E-state index contributed by atoms with van der Waals surface area (Å²) in [6.45, 7) is 5.46. The second-order valence-corrected chi connectivity index (χ2v) is 4.57. The van der Waals surface area contributed by atoms with Gasteiger partial charge in [0.2, 0.25) is 0 Å². The van der Waals surface area contributed by atoms with Crippen LogP contribution in [-0.4, -0.2) is 12.7 Å². The lowest BCUT2D eigenvalue weighted by atomic mass is 10.0. The second kappa shape index (κ2) is 4.14. The number of epoxide rings is 1. The highest BCUT2D eigenvalue weighted by atomic mass is 16.6. The third kappa shape index (κ3) is 2.85.